The van der Waals surface area contributed by atoms with Gasteiger partial charge in [-0.1, -0.05) is 55.2 Å². The summed E-state index contributed by atoms with van der Waals surface area (Å²) in [5.74, 6) is 0.551. The van der Waals surface area contributed by atoms with Gasteiger partial charge < -0.3 is 6.92 Å². The van der Waals surface area contributed by atoms with E-state index in [0.29, 0.717) is 5.92 Å². The molecule has 3 aromatic carbocycles. The van der Waals surface area contributed by atoms with Crippen molar-refractivity contribution in [2.24, 2.45) is 5.92 Å². The van der Waals surface area contributed by atoms with E-state index < -0.39 is 0 Å². The van der Waals surface area contributed by atoms with Crippen molar-refractivity contribution in [1.82, 2.24) is 0 Å². The van der Waals surface area contributed by atoms with Crippen LogP contribution in [0.1, 0.15) is 38.8 Å². The molecule has 0 saturated heterocycles. The predicted octanol–water partition coefficient (Wildman–Crippen LogP) is 8.53. The summed E-state index contributed by atoms with van der Waals surface area (Å²) in [6.45, 7) is 11.4. The van der Waals surface area contributed by atoms with Crippen LogP contribution in [0.15, 0.2) is 90.0 Å². The summed E-state index contributed by atoms with van der Waals surface area (Å²) in [7, 11) is 0. The van der Waals surface area contributed by atoms with Crippen LogP contribution in [-0.2, 0) is 30.7 Å². The third-order valence-corrected chi connectivity index (χ3v) is 4.76. The van der Waals surface area contributed by atoms with Gasteiger partial charge in [0.25, 0.3) is 0 Å². The molecular formula is C30H34Cl2Zr-4. The van der Waals surface area contributed by atoms with Gasteiger partial charge in [-0.2, -0.15) is 79.2 Å². The molecular weight excluding hydrogens is 522 g/mol. The topological polar surface area (TPSA) is 0 Å². The van der Waals surface area contributed by atoms with Crippen LogP contribution in [-0.4, -0.2) is 4.21 Å². The summed E-state index contributed by atoms with van der Waals surface area (Å²) >= 11 is 1.30. The molecule has 3 heteroatoms. The molecule has 1 atom stereocenters. The molecule has 0 amide bonds. The van der Waals surface area contributed by atoms with Gasteiger partial charge in [-0.25, -0.2) is 11.1 Å². The van der Waals surface area contributed by atoms with E-state index in [-0.39, 0.29) is 24.8 Å². The van der Waals surface area contributed by atoms with Crippen LogP contribution in [0.4, 0.5) is 0 Å². The fourth-order valence-electron chi connectivity index (χ4n) is 3.34. The van der Waals surface area contributed by atoms with Crippen molar-refractivity contribution in [1.29, 1.82) is 0 Å². The Kier molecular flexibility index (Phi) is 20.3. The molecule has 0 bridgehead atoms. The van der Waals surface area contributed by atoms with E-state index in [1.165, 1.54) is 57.6 Å². The minimum atomic E-state index is 0. The summed E-state index contributed by atoms with van der Waals surface area (Å²) in [6.07, 6.45) is 6.57. The van der Waals surface area contributed by atoms with Crippen molar-refractivity contribution in [3.63, 3.8) is 0 Å². The Bertz CT molecular complexity index is 874. The quantitative estimate of drug-likeness (QED) is 0.191. The molecule has 0 nitrogen and oxygen atoms in total. The van der Waals surface area contributed by atoms with Crippen LogP contribution >= 0.6 is 24.8 Å². The molecule has 2 aliphatic rings. The van der Waals surface area contributed by atoms with E-state index >= 15 is 0 Å². The Labute approximate surface area is 229 Å². The molecule has 0 radical (unpaired) electrons. The van der Waals surface area contributed by atoms with Gasteiger partial charge in [-0.3, -0.25) is 6.08 Å². The van der Waals surface area contributed by atoms with Crippen LogP contribution in [0.25, 0.3) is 11.1 Å². The number of rotatable bonds is 0. The van der Waals surface area contributed by atoms with Gasteiger partial charge in [0, 0.05) is 0 Å². The number of halogens is 2. The Balaban J connectivity index is 0. The summed E-state index contributed by atoms with van der Waals surface area (Å²) in [6, 6.07) is 30.6. The monoisotopic (exact) mass is 554 g/mol. The molecule has 0 N–H and O–H groups in total. The number of allylic oxidation sites excluding steroid dienone is 4. The second kappa shape index (κ2) is 19.9. The zero-order valence-electron chi connectivity index (χ0n) is 20.0. The normalized spacial score (nSPS) is 13.3. The van der Waals surface area contributed by atoms with Gasteiger partial charge in [0.2, 0.25) is 0 Å². The number of hydrogen-bond donors (Lipinski definition) is 0. The van der Waals surface area contributed by atoms with Crippen molar-refractivity contribution in [3.05, 3.63) is 126 Å². The van der Waals surface area contributed by atoms with Gasteiger partial charge >= 0.3 is 28.4 Å². The van der Waals surface area contributed by atoms with Gasteiger partial charge in [0.05, 0.1) is 0 Å². The molecule has 176 valence electrons. The van der Waals surface area contributed by atoms with Crippen molar-refractivity contribution in [3.8, 4) is 11.1 Å². The van der Waals surface area contributed by atoms with Crippen LogP contribution in [0.5, 0.6) is 0 Å². The molecule has 0 spiro atoms. The van der Waals surface area contributed by atoms with Crippen LogP contribution in [0.2, 0.25) is 0 Å². The third-order valence-electron chi connectivity index (χ3n) is 4.76. The molecule has 0 heterocycles. The summed E-state index contributed by atoms with van der Waals surface area (Å²) in [5, 5.41) is 0. The second-order valence-corrected chi connectivity index (χ2v) is 6.88. The van der Waals surface area contributed by atoms with E-state index in [1.807, 2.05) is 36.4 Å². The Morgan fingerprint density at radius 3 is 1.91 bits per heavy atom. The van der Waals surface area contributed by atoms with Crippen LogP contribution in [0.3, 0.4) is 0 Å². The van der Waals surface area contributed by atoms with Gasteiger partial charge in [0.1, 0.15) is 0 Å². The van der Waals surface area contributed by atoms with Crippen molar-refractivity contribution >= 4 is 29.0 Å². The minimum Gasteiger partial charge on any atom is -0.184 e. The molecule has 3 aromatic rings. The van der Waals surface area contributed by atoms with E-state index in [4.69, 9.17) is 0 Å². The van der Waals surface area contributed by atoms with Crippen LogP contribution < -0.4 is 0 Å². The summed E-state index contributed by atoms with van der Waals surface area (Å²) in [5.41, 5.74) is 8.21. The molecule has 0 aromatic heterocycles. The fraction of sp³-hybridized carbons (Fsp3) is 0.200. The van der Waals surface area contributed by atoms with Gasteiger partial charge in [-0.05, 0) is 6.42 Å². The average Bonchev–Trinajstić information content (AvgIpc) is 3.36. The standard InChI is InChI=1S/C13H9.C8H11.C6H5.C2H5.CH2.2ClH.Zr/c1-3-7-12-10(5-1)9-11-6-2-4-8-13(11)12;1-6-4-7(2)8(3)5-6;1-2-4-6-5-3-1;1-2;;;;/h1-5,7-8H,9H2;4,6H,1-3H3;1-5H;1H2,2H3;1H2;2*1H;/q4*-1;;;;. The maximum atomic E-state index is 3.34. The first-order chi connectivity index (χ1) is 15.1. The fourth-order valence-corrected chi connectivity index (χ4v) is 3.34. The van der Waals surface area contributed by atoms with Gasteiger partial charge in [-0.15, -0.1) is 37.3 Å². The maximum absolute atomic E-state index is 3.34. The molecule has 0 aliphatic heterocycles. The van der Waals surface area contributed by atoms with E-state index in [0.717, 1.165) is 6.42 Å². The Hall–Kier alpha value is -1.53. The van der Waals surface area contributed by atoms with E-state index in [1.54, 1.807) is 6.92 Å². The molecule has 2 aliphatic carbocycles. The van der Waals surface area contributed by atoms with Crippen molar-refractivity contribution < 1.29 is 24.2 Å². The second-order valence-electron chi connectivity index (χ2n) is 6.88. The summed E-state index contributed by atoms with van der Waals surface area (Å²) in [4.78, 5) is 0. The third kappa shape index (κ3) is 11.4. The first-order valence-electron chi connectivity index (χ1n) is 10.5. The molecule has 5 rings (SSSR count). The first kappa shape index (κ1) is 33.6. The largest absolute Gasteiger partial charge is 0.184 e. The summed E-state index contributed by atoms with van der Waals surface area (Å²) < 4.78 is 3.34. The molecule has 33 heavy (non-hydrogen) atoms. The van der Waals surface area contributed by atoms with E-state index in [9.17, 15) is 0 Å². The zero-order valence-corrected chi connectivity index (χ0v) is 24.1. The maximum Gasteiger partial charge on any atom is -0.0253 e. The van der Waals surface area contributed by atoms with Crippen molar-refractivity contribution in [2.75, 3.05) is 0 Å². The van der Waals surface area contributed by atoms with Gasteiger partial charge in [0.15, 0.2) is 0 Å². The zero-order chi connectivity index (χ0) is 23.1. The molecule has 0 fully saturated rings. The number of hydrogen-bond acceptors (Lipinski definition) is 0. The van der Waals surface area contributed by atoms with E-state index in [2.05, 4.69) is 92.6 Å². The molecule has 1 unspecified atom stereocenters. The van der Waals surface area contributed by atoms with Crippen molar-refractivity contribution in [2.45, 2.75) is 34.1 Å². The average molecular weight is 557 g/mol. The van der Waals surface area contributed by atoms with Crippen LogP contribution in [0, 0.1) is 31.1 Å². The SMILES string of the molecule is CC1=[C-]C(C)C=C1C.Cl.Cl.[CH2-]C.[CH2]=[Zr].[c-]1cccc2c1Cc1ccccc1-2.[c-]1ccccc1. The predicted molar refractivity (Wildman–Crippen MR) is 147 cm³/mol. The first-order valence-corrected chi connectivity index (χ1v) is 12.2. The smallest absolute Gasteiger partial charge is 0.0253 e. The number of fused-ring (bicyclic) bond motifs is 3. The Morgan fingerprint density at radius 2 is 1.45 bits per heavy atom. The minimum absolute atomic E-state index is 0. The Morgan fingerprint density at radius 1 is 0.848 bits per heavy atom. The number of benzene rings is 3. The molecule has 0 saturated carbocycles.